The molecule has 0 aliphatic carbocycles. The highest BCUT2D eigenvalue weighted by atomic mass is 16.3. The summed E-state index contributed by atoms with van der Waals surface area (Å²) < 4.78 is 0. The first-order valence-corrected chi connectivity index (χ1v) is 5.89. The number of rotatable bonds is 4. The molecule has 17 heavy (non-hydrogen) atoms. The Morgan fingerprint density at radius 2 is 2.06 bits per heavy atom. The van der Waals surface area contributed by atoms with E-state index in [1.165, 1.54) is 0 Å². The lowest BCUT2D eigenvalue weighted by Crippen LogP contribution is -2.41. The van der Waals surface area contributed by atoms with Gasteiger partial charge in [-0.2, -0.15) is 0 Å². The molecule has 2 amide bonds. The number of amides is 2. The molecule has 0 bridgehead atoms. The van der Waals surface area contributed by atoms with Gasteiger partial charge in [0.15, 0.2) is 0 Å². The highest BCUT2D eigenvalue weighted by molar-refractivity contribution is 5.74. The molecule has 0 radical (unpaired) electrons. The Morgan fingerprint density at radius 3 is 2.65 bits per heavy atom. The summed E-state index contributed by atoms with van der Waals surface area (Å²) in [6.45, 7) is 5.85. The second-order valence-electron chi connectivity index (χ2n) is 4.24. The second-order valence-corrected chi connectivity index (χ2v) is 4.24. The molecule has 94 valence electrons. The van der Waals surface area contributed by atoms with Crippen LogP contribution in [0.25, 0.3) is 0 Å². The minimum absolute atomic E-state index is 0.133. The van der Waals surface area contributed by atoms with Gasteiger partial charge in [-0.1, -0.05) is 19.1 Å². The summed E-state index contributed by atoms with van der Waals surface area (Å²) in [5.41, 5.74) is 0.879. The first-order chi connectivity index (χ1) is 8.02. The van der Waals surface area contributed by atoms with Crippen LogP contribution >= 0.6 is 0 Å². The summed E-state index contributed by atoms with van der Waals surface area (Å²) in [6, 6.07) is 6.72. The maximum atomic E-state index is 11.6. The third kappa shape index (κ3) is 4.34. The van der Waals surface area contributed by atoms with Crippen molar-refractivity contribution in [3.05, 3.63) is 29.8 Å². The molecule has 0 aliphatic heterocycles. The van der Waals surface area contributed by atoms with Crippen LogP contribution in [0.2, 0.25) is 0 Å². The number of aromatic hydroxyl groups is 1. The van der Waals surface area contributed by atoms with Crippen LogP contribution in [0.15, 0.2) is 24.3 Å². The molecule has 0 fully saturated rings. The summed E-state index contributed by atoms with van der Waals surface area (Å²) in [4.78, 5) is 11.6. The fraction of sp³-hybridized carbons (Fsp3) is 0.462. The lowest BCUT2D eigenvalue weighted by atomic mass is 10.1. The van der Waals surface area contributed by atoms with Crippen LogP contribution in [0.1, 0.15) is 38.8 Å². The molecular weight excluding hydrogens is 216 g/mol. The number of hydrogen-bond acceptors (Lipinski definition) is 2. The maximum Gasteiger partial charge on any atom is 0.315 e. The van der Waals surface area contributed by atoms with Crippen molar-refractivity contribution < 1.29 is 9.90 Å². The van der Waals surface area contributed by atoms with Gasteiger partial charge in [0.05, 0.1) is 6.04 Å². The van der Waals surface area contributed by atoms with Crippen LogP contribution in [0, 0.1) is 0 Å². The van der Waals surface area contributed by atoms with Crippen molar-refractivity contribution in [1.82, 2.24) is 10.6 Å². The van der Waals surface area contributed by atoms with E-state index in [-0.39, 0.29) is 23.9 Å². The number of urea groups is 1. The molecule has 0 aromatic heterocycles. The van der Waals surface area contributed by atoms with E-state index in [0.29, 0.717) is 0 Å². The van der Waals surface area contributed by atoms with E-state index in [4.69, 9.17) is 0 Å². The molecule has 1 aromatic carbocycles. The zero-order valence-corrected chi connectivity index (χ0v) is 10.5. The standard InChI is InChI=1S/C13H20N2O2/c1-4-9(2)14-13(17)15-10(3)11-6-5-7-12(16)8-11/h5-10,16H,4H2,1-3H3,(H2,14,15,17). The zero-order chi connectivity index (χ0) is 12.8. The van der Waals surface area contributed by atoms with Crippen molar-refractivity contribution in [2.45, 2.75) is 39.3 Å². The average molecular weight is 236 g/mol. The molecule has 0 spiro atoms. The number of hydrogen-bond donors (Lipinski definition) is 3. The predicted molar refractivity (Wildman–Crippen MR) is 67.9 cm³/mol. The third-order valence-electron chi connectivity index (χ3n) is 2.71. The first-order valence-electron chi connectivity index (χ1n) is 5.89. The van der Waals surface area contributed by atoms with E-state index >= 15 is 0 Å². The van der Waals surface area contributed by atoms with Crippen molar-refractivity contribution in [3.63, 3.8) is 0 Å². The molecular formula is C13H20N2O2. The van der Waals surface area contributed by atoms with Crippen molar-refractivity contribution in [2.24, 2.45) is 0 Å². The smallest absolute Gasteiger partial charge is 0.315 e. The first kappa shape index (κ1) is 13.4. The molecule has 1 rings (SSSR count). The molecule has 0 heterocycles. The lowest BCUT2D eigenvalue weighted by molar-refractivity contribution is 0.234. The van der Waals surface area contributed by atoms with Crippen LogP contribution in [0.3, 0.4) is 0 Å². The van der Waals surface area contributed by atoms with E-state index in [1.54, 1.807) is 18.2 Å². The van der Waals surface area contributed by atoms with E-state index < -0.39 is 0 Å². The Morgan fingerprint density at radius 1 is 1.35 bits per heavy atom. The van der Waals surface area contributed by atoms with Gasteiger partial charge in [-0.15, -0.1) is 0 Å². The summed E-state index contributed by atoms with van der Waals surface area (Å²) >= 11 is 0. The fourth-order valence-electron chi connectivity index (χ4n) is 1.44. The van der Waals surface area contributed by atoms with Crippen LogP contribution in [-0.2, 0) is 0 Å². The summed E-state index contributed by atoms with van der Waals surface area (Å²) in [7, 11) is 0. The van der Waals surface area contributed by atoms with Crippen LogP contribution in [0.5, 0.6) is 5.75 Å². The summed E-state index contributed by atoms with van der Waals surface area (Å²) in [6.07, 6.45) is 0.897. The van der Waals surface area contributed by atoms with Crippen LogP contribution in [-0.4, -0.2) is 17.2 Å². The summed E-state index contributed by atoms with van der Waals surface area (Å²) in [5, 5.41) is 15.0. The number of carbonyl (C=O) groups excluding carboxylic acids is 1. The third-order valence-corrected chi connectivity index (χ3v) is 2.71. The van der Waals surface area contributed by atoms with Gasteiger partial charge in [0.2, 0.25) is 0 Å². The number of carbonyl (C=O) groups is 1. The molecule has 0 saturated carbocycles. The molecule has 0 saturated heterocycles. The van der Waals surface area contributed by atoms with Gasteiger partial charge >= 0.3 is 6.03 Å². The highest BCUT2D eigenvalue weighted by Gasteiger charge is 2.10. The minimum atomic E-state index is -0.185. The molecule has 3 N–H and O–H groups in total. The fourth-order valence-corrected chi connectivity index (χ4v) is 1.44. The molecule has 1 aromatic rings. The maximum absolute atomic E-state index is 11.6. The highest BCUT2D eigenvalue weighted by Crippen LogP contribution is 2.17. The van der Waals surface area contributed by atoms with E-state index in [0.717, 1.165) is 12.0 Å². The van der Waals surface area contributed by atoms with Gasteiger partial charge in [-0.25, -0.2) is 4.79 Å². The lowest BCUT2D eigenvalue weighted by Gasteiger charge is -2.17. The number of phenolic OH excluding ortho intramolecular Hbond substituents is 1. The number of phenols is 1. The second kappa shape index (κ2) is 6.13. The Balaban J connectivity index is 2.54. The number of nitrogens with one attached hydrogen (secondary N) is 2. The molecule has 2 atom stereocenters. The average Bonchev–Trinajstić information content (AvgIpc) is 2.28. The molecule has 4 heteroatoms. The van der Waals surface area contributed by atoms with Gasteiger partial charge in [-0.3, -0.25) is 0 Å². The van der Waals surface area contributed by atoms with Gasteiger partial charge in [0, 0.05) is 6.04 Å². The largest absolute Gasteiger partial charge is 0.508 e. The SMILES string of the molecule is CCC(C)NC(=O)NC(C)c1cccc(O)c1. The van der Waals surface area contributed by atoms with Gasteiger partial charge in [-0.05, 0) is 38.0 Å². The quantitative estimate of drug-likeness (QED) is 0.752. The molecule has 2 unspecified atom stereocenters. The van der Waals surface area contributed by atoms with E-state index in [1.807, 2.05) is 26.8 Å². The minimum Gasteiger partial charge on any atom is -0.508 e. The Bertz CT molecular complexity index is 379. The van der Waals surface area contributed by atoms with Gasteiger partial charge in [0.1, 0.15) is 5.75 Å². The van der Waals surface area contributed by atoms with Crippen LogP contribution in [0.4, 0.5) is 4.79 Å². The van der Waals surface area contributed by atoms with E-state index in [2.05, 4.69) is 10.6 Å². The molecule has 0 aliphatic rings. The topological polar surface area (TPSA) is 61.4 Å². The summed E-state index contributed by atoms with van der Waals surface area (Å²) in [5.74, 6) is 0.207. The van der Waals surface area contributed by atoms with Crippen molar-refractivity contribution >= 4 is 6.03 Å². The van der Waals surface area contributed by atoms with Crippen molar-refractivity contribution in [1.29, 1.82) is 0 Å². The van der Waals surface area contributed by atoms with Crippen molar-refractivity contribution in [2.75, 3.05) is 0 Å². The Hall–Kier alpha value is -1.71. The Labute approximate surface area is 102 Å². The zero-order valence-electron chi connectivity index (χ0n) is 10.5. The van der Waals surface area contributed by atoms with Crippen LogP contribution < -0.4 is 10.6 Å². The normalized spacial score (nSPS) is 13.8. The predicted octanol–water partition coefficient (Wildman–Crippen LogP) is 2.55. The van der Waals surface area contributed by atoms with Gasteiger partial charge < -0.3 is 15.7 Å². The van der Waals surface area contributed by atoms with E-state index in [9.17, 15) is 9.90 Å². The Kier molecular flexibility index (Phi) is 4.82. The molecule has 4 nitrogen and oxygen atoms in total. The monoisotopic (exact) mass is 236 g/mol. The number of benzene rings is 1. The van der Waals surface area contributed by atoms with Gasteiger partial charge in [0.25, 0.3) is 0 Å². The van der Waals surface area contributed by atoms with Crippen molar-refractivity contribution in [3.8, 4) is 5.75 Å².